The lowest BCUT2D eigenvalue weighted by Crippen LogP contribution is -2.27. The van der Waals surface area contributed by atoms with E-state index in [0.717, 1.165) is 11.2 Å². The minimum absolute atomic E-state index is 0.428. The summed E-state index contributed by atoms with van der Waals surface area (Å²) in [6, 6.07) is 9.17. The molecule has 0 unspecified atom stereocenters. The van der Waals surface area contributed by atoms with Crippen LogP contribution in [0.4, 0.5) is 0 Å². The van der Waals surface area contributed by atoms with E-state index < -0.39 is 0 Å². The maximum Gasteiger partial charge on any atom is 0.0283 e. The highest BCUT2D eigenvalue weighted by atomic mass is 79.9. The standard InChI is InChI=1S/C15H21Br/c1-12-7-9-15(2,10-8-12)14-5-3-13(11-16)4-6-14/h3-6,12H,7-11H2,1-2H3. The quantitative estimate of drug-likeness (QED) is 0.665. The molecule has 16 heavy (non-hydrogen) atoms. The van der Waals surface area contributed by atoms with E-state index in [0.29, 0.717) is 5.41 Å². The number of benzene rings is 1. The molecule has 1 aliphatic rings. The molecule has 1 aromatic carbocycles. The molecule has 0 heterocycles. The van der Waals surface area contributed by atoms with Crippen LogP contribution in [0.1, 0.15) is 50.7 Å². The summed E-state index contributed by atoms with van der Waals surface area (Å²) in [5.41, 5.74) is 3.33. The van der Waals surface area contributed by atoms with Crippen LogP contribution in [0.15, 0.2) is 24.3 Å². The highest BCUT2D eigenvalue weighted by molar-refractivity contribution is 9.08. The molecule has 0 spiro atoms. The molecule has 1 aromatic rings. The van der Waals surface area contributed by atoms with Gasteiger partial charge in [-0.2, -0.15) is 0 Å². The van der Waals surface area contributed by atoms with Crippen LogP contribution in [0.5, 0.6) is 0 Å². The molecule has 0 amide bonds. The number of rotatable bonds is 2. The lowest BCUT2D eigenvalue weighted by atomic mass is 9.68. The van der Waals surface area contributed by atoms with Crippen LogP contribution >= 0.6 is 15.9 Å². The van der Waals surface area contributed by atoms with Crippen molar-refractivity contribution in [2.24, 2.45) is 5.92 Å². The van der Waals surface area contributed by atoms with E-state index in [1.54, 1.807) is 0 Å². The van der Waals surface area contributed by atoms with E-state index >= 15 is 0 Å². The van der Waals surface area contributed by atoms with Crippen molar-refractivity contribution in [2.45, 2.75) is 50.3 Å². The largest absolute Gasteiger partial charge is 0.0876 e. The van der Waals surface area contributed by atoms with Crippen LogP contribution in [0, 0.1) is 5.92 Å². The van der Waals surface area contributed by atoms with E-state index in [4.69, 9.17) is 0 Å². The smallest absolute Gasteiger partial charge is 0.0283 e. The van der Waals surface area contributed by atoms with Gasteiger partial charge in [-0.1, -0.05) is 54.0 Å². The fourth-order valence-electron chi connectivity index (χ4n) is 2.68. The van der Waals surface area contributed by atoms with Crippen LogP contribution in [-0.4, -0.2) is 0 Å². The molecular weight excluding hydrogens is 260 g/mol. The van der Waals surface area contributed by atoms with Crippen molar-refractivity contribution in [1.29, 1.82) is 0 Å². The minimum Gasteiger partial charge on any atom is -0.0876 e. The van der Waals surface area contributed by atoms with Crippen molar-refractivity contribution < 1.29 is 0 Å². The maximum absolute atomic E-state index is 3.50. The molecule has 0 aliphatic heterocycles. The Morgan fingerprint density at radius 1 is 1.19 bits per heavy atom. The van der Waals surface area contributed by atoms with Gasteiger partial charge in [0.25, 0.3) is 0 Å². The molecule has 2 rings (SSSR count). The summed E-state index contributed by atoms with van der Waals surface area (Å²) < 4.78 is 0. The maximum atomic E-state index is 3.50. The Balaban J connectivity index is 2.16. The van der Waals surface area contributed by atoms with Crippen LogP contribution in [0.3, 0.4) is 0 Å². The van der Waals surface area contributed by atoms with E-state index in [1.165, 1.54) is 36.8 Å². The van der Waals surface area contributed by atoms with Gasteiger partial charge in [-0.05, 0) is 48.1 Å². The van der Waals surface area contributed by atoms with Crippen LogP contribution in [0.25, 0.3) is 0 Å². The Bertz CT molecular complexity index is 331. The van der Waals surface area contributed by atoms with E-state index in [-0.39, 0.29) is 0 Å². The monoisotopic (exact) mass is 280 g/mol. The normalized spacial score (nSPS) is 30.3. The third-order valence-electron chi connectivity index (χ3n) is 4.18. The Kier molecular flexibility index (Phi) is 3.73. The molecule has 1 heteroatoms. The van der Waals surface area contributed by atoms with Crippen molar-refractivity contribution in [1.82, 2.24) is 0 Å². The molecule has 88 valence electrons. The molecule has 0 saturated heterocycles. The Labute approximate surface area is 108 Å². The Morgan fingerprint density at radius 2 is 1.75 bits per heavy atom. The summed E-state index contributed by atoms with van der Waals surface area (Å²) in [4.78, 5) is 0. The van der Waals surface area contributed by atoms with Gasteiger partial charge in [-0.25, -0.2) is 0 Å². The molecule has 0 atom stereocenters. The Hall–Kier alpha value is -0.300. The average molecular weight is 281 g/mol. The van der Waals surface area contributed by atoms with Gasteiger partial charge < -0.3 is 0 Å². The van der Waals surface area contributed by atoms with Crippen molar-refractivity contribution >= 4 is 15.9 Å². The molecule has 0 bridgehead atoms. The second-order valence-corrected chi connectivity index (χ2v) is 6.13. The van der Waals surface area contributed by atoms with E-state index in [9.17, 15) is 0 Å². The first-order chi connectivity index (χ1) is 7.64. The third kappa shape index (κ3) is 2.51. The zero-order valence-electron chi connectivity index (χ0n) is 10.3. The van der Waals surface area contributed by atoms with Gasteiger partial charge in [0.15, 0.2) is 0 Å². The Morgan fingerprint density at radius 3 is 2.25 bits per heavy atom. The highest BCUT2D eigenvalue weighted by Gasteiger charge is 2.30. The summed E-state index contributed by atoms with van der Waals surface area (Å²) in [5, 5.41) is 0.959. The second-order valence-electron chi connectivity index (χ2n) is 5.57. The zero-order chi connectivity index (χ0) is 11.6. The van der Waals surface area contributed by atoms with E-state index in [1.807, 2.05) is 0 Å². The number of alkyl halides is 1. The first kappa shape index (κ1) is 12.2. The first-order valence-electron chi connectivity index (χ1n) is 6.29. The molecule has 0 nitrogen and oxygen atoms in total. The summed E-state index contributed by atoms with van der Waals surface area (Å²) >= 11 is 3.50. The summed E-state index contributed by atoms with van der Waals surface area (Å²) in [6.45, 7) is 4.82. The molecular formula is C15H21Br. The van der Waals surface area contributed by atoms with E-state index in [2.05, 4.69) is 54.0 Å². The lowest BCUT2D eigenvalue weighted by molar-refractivity contribution is 0.261. The molecule has 0 N–H and O–H groups in total. The van der Waals surface area contributed by atoms with Gasteiger partial charge >= 0.3 is 0 Å². The summed E-state index contributed by atoms with van der Waals surface area (Å²) in [7, 11) is 0. The predicted octanol–water partition coefficient (Wildman–Crippen LogP) is 5.05. The van der Waals surface area contributed by atoms with Crippen molar-refractivity contribution in [3.8, 4) is 0 Å². The molecule has 1 aliphatic carbocycles. The summed E-state index contributed by atoms with van der Waals surface area (Å²) in [5.74, 6) is 0.926. The minimum atomic E-state index is 0.428. The van der Waals surface area contributed by atoms with Crippen molar-refractivity contribution in [3.05, 3.63) is 35.4 Å². The zero-order valence-corrected chi connectivity index (χ0v) is 11.9. The van der Waals surface area contributed by atoms with Crippen LogP contribution < -0.4 is 0 Å². The topological polar surface area (TPSA) is 0 Å². The van der Waals surface area contributed by atoms with Gasteiger partial charge in [-0.3, -0.25) is 0 Å². The van der Waals surface area contributed by atoms with Gasteiger partial charge in [0, 0.05) is 5.33 Å². The third-order valence-corrected chi connectivity index (χ3v) is 4.83. The highest BCUT2D eigenvalue weighted by Crippen LogP contribution is 2.41. The SMILES string of the molecule is CC1CCC(C)(c2ccc(CBr)cc2)CC1. The van der Waals surface area contributed by atoms with Gasteiger partial charge in [0.05, 0.1) is 0 Å². The fraction of sp³-hybridized carbons (Fsp3) is 0.600. The molecule has 1 fully saturated rings. The van der Waals surface area contributed by atoms with Crippen molar-refractivity contribution in [2.75, 3.05) is 0 Å². The fourth-order valence-corrected chi connectivity index (χ4v) is 3.06. The van der Waals surface area contributed by atoms with Crippen LogP contribution in [-0.2, 0) is 10.7 Å². The number of hydrogen-bond acceptors (Lipinski definition) is 0. The molecule has 0 aromatic heterocycles. The average Bonchev–Trinajstić information content (AvgIpc) is 2.33. The second kappa shape index (κ2) is 4.91. The van der Waals surface area contributed by atoms with Crippen LogP contribution in [0.2, 0.25) is 0 Å². The molecule has 0 radical (unpaired) electrons. The van der Waals surface area contributed by atoms with Gasteiger partial charge in [-0.15, -0.1) is 0 Å². The van der Waals surface area contributed by atoms with Crippen molar-refractivity contribution in [3.63, 3.8) is 0 Å². The first-order valence-corrected chi connectivity index (χ1v) is 7.41. The number of hydrogen-bond donors (Lipinski definition) is 0. The lowest BCUT2D eigenvalue weighted by Gasteiger charge is -2.37. The van der Waals surface area contributed by atoms with Gasteiger partial charge in [0.2, 0.25) is 0 Å². The predicted molar refractivity (Wildman–Crippen MR) is 74.1 cm³/mol. The molecule has 1 saturated carbocycles. The van der Waals surface area contributed by atoms with Gasteiger partial charge in [0.1, 0.15) is 0 Å². The summed E-state index contributed by atoms with van der Waals surface area (Å²) in [6.07, 6.45) is 5.47. The number of halogens is 1.